The maximum Gasteiger partial charge on any atom is 0.311 e. The molecule has 114 valence electrons. The third-order valence-electron chi connectivity index (χ3n) is 3.03. The van der Waals surface area contributed by atoms with E-state index in [1.54, 1.807) is 31.3 Å². The number of aromatic nitrogens is 1. The van der Waals surface area contributed by atoms with Crippen molar-refractivity contribution >= 4 is 11.5 Å². The summed E-state index contributed by atoms with van der Waals surface area (Å²) < 4.78 is 6.65. The smallest absolute Gasteiger partial charge is 0.311 e. The van der Waals surface area contributed by atoms with Crippen LogP contribution in [0.15, 0.2) is 42.6 Å². The second-order valence-corrected chi connectivity index (χ2v) is 4.51. The van der Waals surface area contributed by atoms with Crippen molar-refractivity contribution in [3.63, 3.8) is 0 Å². The Hall–Kier alpha value is -2.96. The summed E-state index contributed by atoms with van der Waals surface area (Å²) in [4.78, 5) is 22.7. The van der Waals surface area contributed by atoms with Gasteiger partial charge in [0.2, 0.25) is 0 Å². The van der Waals surface area contributed by atoms with Gasteiger partial charge >= 0.3 is 5.69 Å². The third kappa shape index (κ3) is 3.38. The summed E-state index contributed by atoms with van der Waals surface area (Å²) in [7, 11) is 0. The Balaban J connectivity index is 2.30. The summed E-state index contributed by atoms with van der Waals surface area (Å²) in [5.74, 6) is -0.173. The van der Waals surface area contributed by atoms with Gasteiger partial charge in [-0.3, -0.25) is 20.3 Å². The summed E-state index contributed by atoms with van der Waals surface area (Å²) in [5.41, 5.74) is 0.166. The Labute approximate surface area is 126 Å². The number of ether oxygens (including phenoxy) is 1. The maximum atomic E-state index is 12.2. The zero-order valence-electron chi connectivity index (χ0n) is 12.0. The molecule has 0 bridgehead atoms. The van der Waals surface area contributed by atoms with E-state index in [1.807, 2.05) is 0 Å². The van der Waals surface area contributed by atoms with Gasteiger partial charge in [-0.1, -0.05) is 6.07 Å². The van der Waals surface area contributed by atoms with Gasteiger partial charge in [-0.2, -0.15) is 0 Å². The van der Waals surface area contributed by atoms with Crippen LogP contribution in [-0.2, 0) is 6.54 Å². The summed E-state index contributed by atoms with van der Waals surface area (Å²) >= 11 is 0. The fourth-order valence-electron chi connectivity index (χ4n) is 1.97. The highest BCUT2D eigenvalue weighted by Gasteiger charge is 2.18. The molecule has 0 spiro atoms. The number of pyridine rings is 1. The fourth-order valence-corrected chi connectivity index (χ4v) is 1.97. The summed E-state index contributed by atoms with van der Waals surface area (Å²) in [6.07, 6.45) is 1.61. The molecule has 2 aromatic rings. The van der Waals surface area contributed by atoms with E-state index >= 15 is 0 Å². The molecule has 2 rings (SSSR count). The lowest BCUT2D eigenvalue weighted by atomic mass is 10.1. The van der Waals surface area contributed by atoms with Crippen molar-refractivity contribution in [1.82, 2.24) is 4.57 Å². The fraction of sp³-hybridized carbons (Fsp3) is 0.200. The van der Waals surface area contributed by atoms with Crippen LogP contribution in [0.3, 0.4) is 0 Å². The van der Waals surface area contributed by atoms with Crippen LogP contribution in [0, 0.1) is 15.5 Å². The van der Waals surface area contributed by atoms with E-state index in [9.17, 15) is 14.9 Å². The zero-order valence-corrected chi connectivity index (χ0v) is 12.0. The molecule has 0 aliphatic heterocycles. The first kappa shape index (κ1) is 15.4. The molecule has 0 fully saturated rings. The molecule has 7 nitrogen and oxygen atoms in total. The zero-order chi connectivity index (χ0) is 16.1. The minimum Gasteiger partial charge on any atom is -0.487 e. The first-order valence-corrected chi connectivity index (χ1v) is 6.67. The number of rotatable bonds is 6. The molecule has 0 saturated heterocycles. The second-order valence-electron chi connectivity index (χ2n) is 4.51. The Kier molecular flexibility index (Phi) is 4.67. The van der Waals surface area contributed by atoms with Crippen molar-refractivity contribution in [3.8, 4) is 5.75 Å². The first-order chi connectivity index (χ1) is 10.5. The molecule has 0 amide bonds. The number of ketones is 1. The number of nitro groups is 1. The van der Waals surface area contributed by atoms with E-state index in [0.717, 1.165) is 0 Å². The molecule has 0 atom stereocenters. The number of benzene rings is 1. The molecule has 0 saturated carbocycles. The van der Waals surface area contributed by atoms with Gasteiger partial charge in [0.1, 0.15) is 5.49 Å². The number of nitrogens with one attached hydrogen (secondary N) is 1. The minimum atomic E-state index is -0.576. The Morgan fingerprint density at radius 1 is 1.36 bits per heavy atom. The number of nitrogens with zero attached hydrogens (tertiary/aromatic N) is 2. The molecule has 0 aliphatic carbocycles. The largest absolute Gasteiger partial charge is 0.487 e. The molecular formula is C15H15N3O4. The predicted molar refractivity (Wildman–Crippen MR) is 78.9 cm³/mol. The van der Waals surface area contributed by atoms with E-state index in [2.05, 4.69) is 0 Å². The van der Waals surface area contributed by atoms with Crippen molar-refractivity contribution in [3.05, 3.63) is 63.8 Å². The monoisotopic (exact) mass is 301 g/mol. The van der Waals surface area contributed by atoms with Gasteiger partial charge in [0, 0.05) is 17.8 Å². The Bertz CT molecular complexity index is 767. The lowest BCUT2D eigenvalue weighted by molar-refractivity contribution is -0.385. The van der Waals surface area contributed by atoms with Crippen molar-refractivity contribution < 1.29 is 14.5 Å². The number of nitro benzene ring substituents is 1. The topological polar surface area (TPSA) is 98.2 Å². The second kappa shape index (κ2) is 6.66. The highest BCUT2D eigenvalue weighted by atomic mass is 16.6. The summed E-state index contributed by atoms with van der Waals surface area (Å²) in [5, 5.41) is 18.8. The van der Waals surface area contributed by atoms with Crippen LogP contribution in [0.25, 0.3) is 0 Å². The highest BCUT2D eigenvalue weighted by Crippen LogP contribution is 2.28. The average molecular weight is 301 g/mol. The van der Waals surface area contributed by atoms with Crippen molar-refractivity contribution in [2.45, 2.75) is 13.5 Å². The van der Waals surface area contributed by atoms with E-state index in [0.29, 0.717) is 6.61 Å². The molecule has 0 aliphatic rings. The molecule has 1 aromatic heterocycles. The number of Topliss-reactive ketones (excluding diaryl/α,β-unsaturated/α-hetero) is 1. The Morgan fingerprint density at radius 3 is 2.77 bits per heavy atom. The molecular weight excluding hydrogens is 286 g/mol. The third-order valence-corrected chi connectivity index (χ3v) is 3.03. The van der Waals surface area contributed by atoms with E-state index in [-0.39, 0.29) is 34.8 Å². The van der Waals surface area contributed by atoms with Crippen molar-refractivity contribution in [2.75, 3.05) is 6.61 Å². The van der Waals surface area contributed by atoms with Crippen LogP contribution in [0.1, 0.15) is 17.3 Å². The SMILES string of the molecule is CCOc1ccc(C(=O)Cn2ccccc2=N)cc1[N+](=O)[O-]. The normalized spacial score (nSPS) is 10.2. The van der Waals surface area contributed by atoms with Crippen LogP contribution in [0.2, 0.25) is 0 Å². The molecule has 1 N–H and O–H groups in total. The van der Waals surface area contributed by atoms with E-state index in [4.69, 9.17) is 10.1 Å². The lowest BCUT2D eigenvalue weighted by Gasteiger charge is -2.08. The minimum absolute atomic E-state index is 0.0508. The quantitative estimate of drug-likeness (QED) is 0.502. The average Bonchev–Trinajstić information content (AvgIpc) is 2.50. The maximum absolute atomic E-state index is 12.2. The number of carbonyl (C=O) groups excluding carboxylic acids is 1. The first-order valence-electron chi connectivity index (χ1n) is 6.67. The standard InChI is InChI=1S/C15H15N3O4/c1-2-22-14-7-6-11(9-12(14)18(20)21)13(19)10-17-8-4-3-5-15(17)16/h3-9,16H,2,10H2,1H3. The highest BCUT2D eigenvalue weighted by molar-refractivity contribution is 5.96. The van der Waals surface area contributed by atoms with Crippen LogP contribution in [-0.4, -0.2) is 21.9 Å². The van der Waals surface area contributed by atoms with Gasteiger partial charge in [-0.25, -0.2) is 0 Å². The van der Waals surface area contributed by atoms with E-state index in [1.165, 1.54) is 22.8 Å². The lowest BCUT2D eigenvalue weighted by Crippen LogP contribution is -2.22. The van der Waals surface area contributed by atoms with Crippen LogP contribution < -0.4 is 10.2 Å². The molecule has 22 heavy (non-hydrogen) atoms. The van der Waals surface area contributed by atoms with Crippen LogP contribution in [0.4, 0.5) is 5.69 Å². The number of hydrogen-bond acceptors (Lipinski definition) is 5. The summed E-state index contributed by atoms with van der Waals surface area (Å²) in [6.45, 7) is 1.98. The van der Waals surface area contributed by atoms with Crippen LogP contribution in [0.5, 0.6) is 5.75 Å². The number of carbonyl (C=O) groups is 1. The summed E-state index contributed by atoms with van der Waals surface area (Å²) in [6, 6.07) is 9.10. The molecule has 1 aromatic carbocycles. The van der Waals surface area contributed by atoms with Gasteiger partial charge in [0.25, 0.3) is 0 Å². The predicted octanol–water partition coefficient (Wildman–Crippen LogP) is 2.16. The van der Waals surface area contributed by atoms with Gasteiger partial charge in [0.15, 0.2) is 11.5 Å². The van der Waals surface area contributed by atoms with Gasteiger partial charge in [-0.05, 0) is 31.2 Å². The van der Waals surface area contributed by atoms with Crippen molar-refractivity contribution in [2.24, 2.45) is 0 Å². The van der Waals surface area contributed by atoms with Gasteiger partial charge in [-0.15, -0.1) is 0 Å². The molecule has 0 radical (unpaired) electrons. The molecule has 1 heterocycles. The van der Waals surface area contributed by atoms with Crippen LogP contribution >= 0.6 is 0 Å². The molecule has 0 unspecified atom stereocenters. The van der Waals surface area contributed by atoms with Crippen molar-refractivity contribution in [1.29, 1.82) is 5.41 Å². The van der Waals surface area contributed by atoms with Gasteiger partial charge in [0.05, 0.1) is 18.1 Å². The molecule has 7 heteroatoms. The Morgan fingerprint density at radius 2 is 2.14 bits per heavy atom. The number of hydrogen-bond donors (Lipinski definition) is 1. The van der Waals surface area contributed by atoms with E-state index < -0.39 is 4.92 Å². The van der Waals surface area contributed by atoms with Gasteiger partial charge < -0.3 is 9.30 Å².